The van der Waals surface area contributed by atoms with E-state index < -0.39 is 5.92 Å². The normalized spacial score (nSPS) is 20.4. The van der Waals surface area contributed by atoms with Gasteiger partial charge in [-0.1, -0.05) is 0 Å². The summed E-state index contributed by atoms with van der Waals surface area (Å²) in [5.41, 5.74) is 9.11. The first kappa shape index (κ1) is 15.3. The van der Waals surface area contributed by atoms with Gasteiger partial charge in [-0.05, 0) is 19.1 Å². The molecule has 25 heavy (non-hydrogen) atoms. The molecular weight excluding hydrogens is 318 g/mol. The molecule has 2 aliphatic rings. The summed E-state index contributed by atoms with van der Waals surface area (Å²) in [5, 5.41) is 20.2. The molecule has 4 rings (SSSR count). The maximum atomic E-state index is 9.79. The van der Waals surface area contributed by atoms with E-state index in [4.69, 9.17) is 14.9 Å². The lowest BCUT2D eigenvalue weighted by atomic mass is 9.83. The zero-order valence-corrected chi connectivity index (χ0v) is 13.6. The van der Waals surface area contributed by atoms with Gasteiger partial charge in [0.1, 0.15) is 17.2 Å². The van der Waals surface area contributed by atoms with Crippen LogP contribution in [0.4, 0.5) is 5.82 Å². The number of nitriles is 2. The first-order valence-corrected chi connectivity index (χ1v) is 7.89. The van der Waals surface area contributed by atoms with Gasteiger partial charge in [-0.25, -0.2) is 4.98 Å². The Morgan fingerprint density at radius 2 is 2.12 bits per heavy atom. The minimum Gasteiger partial charge on any atom is -0.460 e. The summed E-state index contributed by atoms with van der Waals surface area (Å²) in [6.07, 6.45) is 1.57. The number of hydrogen-bond acceptors (Lipinski definition) is 7. The van der Waals surface area contributed by atoms with Gasteiger partial charge in [-0.3, -0.25) is 0 Å². The molecule has 0 saturated carbocycles. The Kier molecular flexibility index (Phi) is 3.45. The maximum Gasteiger partial charge on any atom is 0.139 e. The first-order valence-electron chi connectivity index (χ1n) is 7.89. The summed E-state index contributed by atoms with van der Waals surface area (Å²) in [5.74, 6) is 0.311. The Bertz CT molecular complexity index is 1020. The van der Waals surface area contributed by atoms with Gasteiger partial charge in [0.2, 0.25) is 0 Å². The second-order valence-corrected chi connectivity index (χ2v) is 5.98. The molecule has 0 bridgehead atoms. The Morgan fingerprint density at radius 3 is 2.84 bits per heavy atom. The van der Waals surface area contributed by atoms with Crippen molar-refractivity contribution in [2.45, 2.75) is 12.8 Å². The van der Waals surface area contributed by atoms with E-state index in [1.54, 1.807) is 18.3 Å². The second-order valence-electron chi connectivity index (χ2n) is 5.98. The fraction of sp³-hybridized carbons (Fsp3) is 0.278. The summed E-state index contributed by atoms with van der Waals surface area (Å²) >= 11 is 0. The Hall–Kier alpha value is -3.29. The van der Waals surface area contributed by atoms with Crippen LogP contribution in [-0.4, -0.2) is 29.6 Å². The Balaban J connectivity index is 1.95. The Labute approximate surface area is 144 Å². The number of nitrogens with zero attached hydrogens (tertiary/aromatic N) is 4. The van der Waals surface area contributed by atoms with Crippen molar-refractivity contribution in [2.75, 3.05) is 25.5 Å². The standard InChI is InChI=1S/C18H15N5O2/c1-10-12(7-19)17(13(8-20)14-9-24-5-4-23(10)14)16-6-11-15(25-16)2-3-22-18(11)21/h2-3,6,17H,4-5,9H2,1H3,(H2,21,22). The lowest BCUT2D eigenvalue weighted by Gasteiger charge is -2.38. The number of nitrogens with two attached hydrogens (primary N) is 1. The molecule has 1 unspecified atom stereocenters. The number of anilines is 1. The molecule has 0 spiro atoms. The van der Waals surface area contributed by atoms with Crippen LogP contribution in [-0.2, 0) is 4.74 Å². The zero-order valence-electron chi connectivity index (χ0n) is 13.6. The molecule has 2 aliphatic heterocycles. The molecule has 1 fully saturated rings. The van der Waals surface area contributed by atoms with Crippen LogP contribution in [0.3, 0.4) is 0 Å². The van der Waals surface area contributed by atoms with Crippen LogP contribution < -0.4 is 5.73 Å². The molecule has 0 radical (unpaired) electrons. The number of ether oxygens (including phenoxy) is 1. The number of rotatable bonds is 1. The third kappa shape index (κ3) is 2.18. The molecule has 7 nitrogen and oxygen atoms in total. The number of aromatic nitrogens is 1. The molecule has 0 aromatic carbocycles. The van der Waals surface area contributed by atoms with Crippen LogP contribution in [0.2, 0.25) is 0 Å². The SMILES string of the molecule is CC1=C(C#N)C(c2cc3c(N)nccc3o2)C(C#N)=C2COCCN12. The molecule has 2 N–H and O–H groups in total. The average Bonchev–Trinajstić information content (AvgIpc) is 3.07. The molecular formula is C18H15N5O2. The first-order chi connectivity index (χ1) is 12.2. The van der Waals surface area contributed by atoms with Gasteiger partial charge in [0.15, 0.2) is 0 Å². The fourth-order valence-corrected chi connectivity index (χ4v) is 3.50. The van der Waals surface area contributed by atoms with E-state index in [0.29, 0.717) is 53.5 Å². The number of furan rings is 1. The van der Waals surface area contributed by atoms with Gasteiger partial charge in [0, 0.05) is 18.4 Å². The fourth-order valence-electron chi connectivity index (χ4n) is 3.50. The Morgan fingerprint density at radius 1 is 1.32 bits per heavy atom. The van der Waals surface area contributed by atoms with E-state index in [1.165, 1.54) is 0 Å². The lowest BCUT2D eigenvalue weighted by Crippen LogP contribution is -2.38. The van der Waals surface area contributed by atoms with Crippen LogP contribution in [0.25, 0.3) is 11.0 Å². The molecule has 4 heterocycles. The molecule has 0 amide bonds. The van der Waals surface area contributed by atoms with Crippen LogP contribution in [0.15, 0.2) is 45.3 Å². The number of nitrogen functional groups attached to an aromatic ring is 1. The highest BCUT2D eigenvalue weighted by atomic mass is 16.5. The molecule has 2 aromatic heterocycles. The second kappa shape index (κ2) is 5.66. The third-order valence-corrected chi connectivity index (χ3v) is 4.73. The van der Waals surface area contributed by atoms with E-state index in [1.807, 2.05) is 11.8 Å². The number of pyridine rings is 1. The van der Waals surface area contributed by atoms with E-state index in [0.717, 1.165) is 11.4 Å². The summed E-state index contributed by atoms with van der Waals surface area (Å²) in [7, 11) is 0. The summed E-state index contributed by atoms with van der Waals surface area (Å²) in [4.78, 5) is 6.06. The molecule has 2 aromatic rings. The van der Waals surface area contributed by atoms with E-state index >= 15 is 0 Å². The van der Waals surface area contributed by atoms with Crippen LogP contribution in [0, 0.1) is 22.7 Å². The topological polar surface area (TPSA) is 112 Å². The molecule has 0 aliphatic carbocycles. The predicted octanol–water partition coefficient (Wildman–Crippen LogP) is 2.41. The average molecular weight is 333 g/mol. The summed E-state index contributed by atoms with van der Waals surface area (Å²) in [6, 6.07) is 8.01. The number of morpholine rings is 1. The molecule has 124 valence electrons. The van der Waals surface area contributed by atoms with Crippen LogP contribution >= 0.6 is 0 Å². The van der Waals surface area contributed by atoms with Crippen molar-refractivity contribution < 1.29 is 9.15 Å². The minimum atomic E-state index is -0.560. The van der Waals surface area contributed by atoms with Gasteiger partial charge in [0.25, 0.3) is 0 Å². The number of fused-ring (bicyclic) bond motifs is 2. The van der Waals surface area contributed by atoms with Gasteiger partial charge in [0.05, 0.1) is 53.5 Å². The largest absolute Gasteiger partial charge is 0.460 e. The summed E-state index contributed by atoms with van der Waals surface area (Å²) < 4.78 is 11.5. The smallest absolute Gasteiger partial charge is 0.139 e. The predicted molar refractivity (Wildman–Crippen MR) is 89.6 cm³/mol. The third-order valence-electron chi connectivity index (χ3n) is 4.73. The van der Waals surface area contributed by atoms with Gasteiger partial charge < -0.3 is 19.8 Å². The van der Waals surface area contributed by atoms with Gasteiger partial charge >= 0.3 is 0 Å². The van der Waals surface area contributed by atoms with Gasteiger partial charge in [-0.2, -0.15) is 10.5 Å². The molecule has 7 heteroatoms. The van der Waals surface area contributed by atoms with E-state index in [9.17, 15) is 10.5 Å². The van der Waals surface area contributed by atoms with Crippen LogP contribution in [0.1, 0.15) is 18.6 Å². The highest BCUT2D eigenvalue weighted by Crippen LogP contribution is 2.43. The van der Waals surface area contributed by atoms with Crippen molar-refractivity contribution in [1.29, 1.82) is 10.5 Å². The quantitative estimate of drug-likeness (QED) is 0.852. The van der Waals surface area contributed by atoms with Crippen molar-refractivity contribution in [3.8, 4) is 12.1 Å². The van der Waals surface area contributed by atoms with Gasteiger partial charge in [-0.15, -0.1) is 0 Å². The van der Waals surface area contributed by atoms with Crippen molar-refractivity contribution in [3.05, 3.63) is 46.6 Å². The van der Waals surface area contributed by atoms with Crippen molar-refractivity contribution in [1.82, 2.24) is 9.88 Å². The molecule has 1 saturated heterocycles. The van der Waals surface area contributed by atoms with Crippen LogP contribution in [0.5, 0.6) is 0 Å². The van der Waals surface area contributed by atoms with E-state index in [2.05, 4.69) is 17.1 Å². The zero-order chi connectivity index (χ0) is 17.6. The number of hydrogen-bond donors (Lipinski definition) is 1. The monoisotopic (exact) mass is 333 g/mol. The molecule has 1 atom stereocenters. The number of allylic oxidation sites excluding steroid dienone is 3. The lowest BCUT2D eigenvalue weighted by molar-refractivity contribution is 0.0834. The summed E-state index contributed by atoms with van der Waals surface area (Å²) in [6.45, 7) is 3.43. The van der Waals surface area contributed by atoms with Crippen molar-refractivity contribution in [3.63, 3.8) is 0 Å². The van der Waals surface area contributed by atoms with E-state index in [-0.39, 0.29) is 0 Å². The maximum absolute atomic E-state index is 9.79. The highest BCUT2D eigenvalue weighted by molar-refractivity contribution is 5.87. The highest BCUT2D eigenvalue weighted by Gasteiger charge is 2.37. The van der Waals surface area contributed by atoms with Crippen molar-refractivity contribution in [2.24, 2.45) is 0 Å². The van der Waals surface area contributed by atoms with Crippen molar-refractivity contribution >= 4 is 16.8 Å². The minimum absolute atomic E-state index is 0.347.